The second kappa shape index (κ2) is 5.68. The molecule has 0 saturated carbocycles. The predicted molar refractivity (Wildman–Crippen MR) is 72.3 cm³/mol. The molecule has 0 bridgehead atoms. The Hall–Kier alpha value is 0.450. The van der Waals surface area contributed by atoms with E-state index in [4.69, 9.17) is 5.84 Å². The van der Waals surface area contributed by atoms with Crippen LogP contribution in [0.2, 0.25) is 0 Å². The standard InChI is InChI=1S/C10H15BrN2S2/c11-10-2-1-8(15-10)5-9(13-12)7-3-4-14-6-7/h1-2,7,9,13H,3-6,12H2. The lowest BCUT2D eigenvalue weighted by Crippen LogP contribution is -2.42. The van der Waals surface area contributed by atoms with E-state index >= 15 is 0 Å². The number of nitrogens with two attached hydrogens (primary N) is 1. The van der Waals surface area contributed by atoms with Crippen molar-refractivity contribution in [1.29, 1.82) is 0 Å². The highest BCUT2D eigenvalue weighted by molar-refractivity contribution is 9.11. The highest BCUT2D eigenvalue weighted by Gasteiger charge is 2.24. The number of hydrogen-bond acceptors (Lipinski definition) is 4. The first-order chi connectivity index (χ1) is 7.29. The predicted octanol–water partition coefficient (Wildman–Crippen LogP) is 2.64. The Balaban J connectivity index is 1.95. The maximum Gasteiger partial charge on any atom is 0.0701 e. The second-order valence-corrected chi connectivity index (χ2v) is 7.50. The van der Waals surface area contributed by atoms with Crippen molar-refractivity contribution in [3.05, 3.63) is 20.8 Å². The molecule has 3 N–H and O–H groups in total. The molecular weight excluding hydrogens is 292 g/mol. The molecule has 0 aromatic carbocycles. The zero-order valence-electron chi connectivity index (χ0n) is 8.41. The van der Waals surface area contributed by atoms with Gasteiger partial charge in [0.2, 0.25) is 0 Å². The van der Waals surface area contributed by atoms with Gasteiger partial charge in [-0.05, 0) is 58.3 Å². The fourth-order valence-electron chi connectivity index (χ4n) is 1.91. The Morgan fingerprint density at radius 1 is 1.60 bits per heavy atom. The fraction of sp³-hybridized carbons (Fsp3) is 0.600. The van der Waals surface area contributed by atoms with E-state index in [1.807, 2.05) is 11.8 Å². The summed E-state index contributed by atoms with van der Waals surface area (Å²) in [5.74, 6) is 8.92. The summed E-state index contributed by atoms with van der Waals surface area (Å²) in [6.45, 7) is 0. The number of hydrogen-bond donors (Lipinski definition) is 2. The van der Waals surface area contributed by atoms with Gasteiger partial charge < -0.3 is 0 Å². The minimum absolute atomic E-state index is 0.436. The van der Waals surface area contributed by atoms with Crippen LogP contribution in [-0.4, -0.2) is 17.5 Å². The molecule has 2 nitrogen and oxygen atoms in total. The van der Waals surface area contributed by atoms with E-state index in [9.17, 15) is 0 Å². The second-order valence-electron chi connectivity index (χ2n) is 3.81. The van der Waals surface area contributed by atoms with Gasteiger partial charge in [-0.2, -0.15) is 11.8 Å². The van der Waals surface area contributed by atoms with Crippen molar-refractivity contribution in [2.24, 2.45) is 11.8 Å². The molecule has 84 valence electrons. The first-order valence-corrected chi connectivity index (χ1v) is 7.84. The Labute approximate surface area is 107 Å². The van der Waals surface area contributed by atoms with Crippen LogP contribution >= 0.6 is 39.0 Å². The van der Waals surface area contributed by atoms with Crippen LogP contribution in [0, 0.1) is 5.92 Å². The molecule has 0 spiro atoms. The summed E-state index contributed by atoms with van der Waals surface area (Å²) < 4.78 is 1.20. The summed E-state index contributed by atoms with van der Waals surface area (Å²) in [6.07, 6.45) is 2.35. The lowest BCUT2D eigenvalue weighted by atomic mass is 9.96. The van der Waals surface area contributed by atoms with E-state index in [1.54, 1.807) is 11.3 Å². The van der Waals surface area contributed by atoms with Crippen LogP contribution in [-0.2, 0) is 6.42 Å². The molecule has 2 atom stereocenters. The molecule has 0 amide bonds. The molecule has 15 heavy (non-hydrogen) atoms. The molecule has 0 radical (unpaired) electrons. The van der Waals surface area contributed by atoms with Crippen molar-refractivity contribution in [3.8, 4) is 0 Å². The average molecular weight is 307 g/mol. The summed E-state index contributed by atoms with van der Waals surface area (Å²) in [6, 6.07) is 4.73. The van der Waals surface area contributed by atoms with Gasteiger partial charge in [0.05, 0.1) is 3.79 Å². The summed E-state index contributed by atoms with van der Waals surface area (Å²) in [7, 11) is 0. The third-order valence-electron chi connectivity index (χ3n) is 2.80. The van der Waals surface area contributed by atoms with Gasteiger partial charge in [0.15, 0.2) is 0 Å². The van der Waals surface area contributed by atoms with Crippen LogP contribution < -0.4 is 11.3 Å². The van der Waals surface area contributed by atoms with E-state index in [0.717, 1.165) is 12.3 Å². The van der Waals surface area contributed by atoms with Gasteiger partial charge in [0, 0.05) is 10.9 Å². The zero-order valence-corrected chi connectivity index (χ0v) is 11.6. The molecule has 1 fully saturated rings. The van der Waals surface area contributed by atoms with Crippen LogP contribution in [0.25, 0.3) is 0 Å². The van der Waals surface area contributed by atoms with Gasteiger partial charge in [-0.25, -0.2) is 0 Å². The molecular formula is C10H15BrN2S2. The Morgan fingerprint density at radius 2 is 2.47 bits per heavy atom. The van der Waals surface area contributed by atoms with Gasteiger partial charge in [0.25, 0.3) is 0 Å². The summed E-state index contributed by atoms with van der Waals surface area (Å²) >= 11 is 7.34. The van der Waals surface area contributed by atoms with Gasteiger partial charge in [-0.15, -0.1) is 11.3 Å². The van der Waals surface area contributed by atoms with Crippen molar-refractivity contribution in [2.45, 2.75) is 18.9 Å². The first kappa shape index (κ1) is 11.9. The summed E-state index contributed by atoms with van der Waals surface area (Å²) in [5.41, 5.74) is 2.98. The third kappa shape index (κ3) is 3.20. The van der Waals surface area contributed by atoms with Crippen molar-refractivity contribution >= 4 is 39.0 Å². The summed E-state index contributed by atoms with van der Waals surface area (Å²) in [4.78, 5) is 1.40. The molecule has 1 aliphatic rings. The molecule has 1 aliphatic heterocycles. The quantitative estimate of drug-likeness (QED) is 0.663. The largest absolute Gasteiger partial charge is 0.271 e. The maximum absolute atomic E-state index is 5.64. The minimum Gasteiger partial charge on any atom is -0.271 e. The lowest BCUT2D eigenvalue weighted by Gasteiger charge is -2.21. The number of halogens is 1. The number of rotatable bonds is 4. The van der Waals surface area contributed by atoms with Crippen molar-refractivity contribution in [2.75, 3.05) is 11.5 Å². The normalized spacial score (nSPS) is 23.2. The van der Waals surface area contributed by atoms with Gasteiger partial charge in [0.1, 0.15) is 0 Å². The molecule has 1 aromatic heterocycles. The monoisotopic (exact) mass is 306 g/mol. The molecule has 2 rings (SSSR count). The molecule has 0 aliphatic carbocycles. The molecule has 5 heteroatoms. The Morgan fingerprint density at radius 3 is 3.00 bits per heavy atom. The van der Waals surface area contributed by atoms with Gasteiger partial charge in [-0.3, -0.25) is 11.3 Å². The Bertz CT molecular complexity index is 310. The van der Waals surface area contributed by atoms with Crippen molar-refractivity contribution in [3.63, 3.8) is 0 Å². The highest BCUT2D eigenvalue weighted by atomic mass is 79.9. The van der Waals surface area contributed by atoms with Gasteiger partial charge >= 0.3 is 0 Å². The van der Waals surface area contributed by atoms with E-state index in [1.165, 1.54) is 26.6 Å². The molecule has 2 unspecified atom stereocenters. The fourth-order valence-corrected chi connectivity index (χ4v) is 4.79. The number of thioether (sulfide) groups is 1. The van der Waals surface area contributed by atoms with Crippen LogP contribution in [0.4, 0.5) is 0 Å². The van der Waals surface area contributed by atoms with E-state index < -0.39 is 0 Å². The number of nitrogens with one attached hydrogen (secondary N) is 1. The van der Waals surface area contributed by atoms with Crippen LogP contribution in [0.5, 0.6) is 0 Å². The smallest absolute Gasteiger partial charge is 0.0701 e. The van der Waals surface area contributed by atoms with E-state index in [2.05, 4.69) is 33.5 Å². The van der Waals surface area contributed by atoms with Crippen molar-refractivity contribution in [1.82, 2.24) is 5.43 Å². The molecule has 2 heterocycles. The topological polar surface area (TPSA) is 38.0 Å². The van der Waals surface area contributed by atoms with Crippen molar-refractivity contribution < 1.29 is 0 Å². The van der Waals surface area contributed by atoms with Crippen LogP contribution in [0.1, 0.15) is 11.3 Å². The first-order valence-electron chi connectivity index (χ1n) is 5.07. The lowest BCUT2D eigenvalue weighted by molar-refractivity contribution is 0.388. The van der Waals surface area contributed by atoms with Gasteiger partial charge in [-0.1, -0.05) is 0 Å². The highest BCUT2D eigenvalue weighted by Crippen LogP contribution is 2.29. The van der Waals surface area contributed by atoms with Crippen LogP contribution in [0.15, 0.2) is 15.9 Å². The van der Waals surface area contributed by atoms with E-state index in [-0.39, 0.29) is 0 Å². The average Bonchev–Trinajstić information content (AvgIpc) is 2.85. The zero-order chi connectivity index (χ0) is 10.7. The van der Waals surface area contributed by atoms with E-state index in [0.29, 0.717) is 6.04 Å². The third-order valence-corrected chi connectivity index (χ3v) is 5.63. The Kier molecular flexibility index (Phi) is 4.52. The van der Waals surface area contributed by atoms with Crippen LogP contribution in [0.3, 0.4) is 0 Å². The summed E-state index contributed by atoms with van der Waals surface area (Å²) in [5, 5.41) is 0. The maximum atomic E-state index is 5.64. The molecule has 1 aromatic rings. The SMILES string of the molecule is NNC(Cc1ccc(Br)s1)C1CCSC1. The number of hydrazine groups is 1. The minimum atomic E-state index is 0.436. The molecule has 1 saturated heterocycles. The number of thiophene rings is 1.